The van der Waals surface area contributed by atoms with Gasteiger partial charge in [-0.2, -0.15) is 0 Å². The molecule has 1 aliphatic heterocycles. The molecule has 0 radical (unpaired) electrons. The Bertz CT molecular complexity index is 1160. The molecule has 1 amide bonds. The van der Waals surface area contributed by atoms with Crippen LogP contribution in [0.15, 0.2) is 53.7 Å². The van der Waals surface area contributed by atoms with Crippen LogP contribution < -0.4 is 5.32 Å². The fourth-order valence-electron chi connectivity index (χ4n) is 5.22. The first-order valence-electron chi connectivity index (χ1n) is 12.6. The van der Waals surface area contributed by atoms with Gasteiger partial charge >= 0.3 is 0 Å². The number of thioether (sulfide) groups is 1. The van der Waals surface area contributed by atoms with E-state index in [-0.39, 0.29) is 29.6 Å². The number of benzene rings is 2. The van der Waals surface area contributed by atoms with E-state index in [1.165, 1.54) is 54.3 Å². The van der Waals surface area contributed by atoms with E-state index in [1.807, 2.05) is 10.6 Å². The van der Waals surface area contributed by atoms with Crippen LogP contribution in [0, 0.1) is 5.82 Å². The van der Waals surface area contributed by atoms with E-state index < -0.39 is 0 Å². The highest BCUT2D eigenvalue weighted by atomic mass is 32.2. The van der Waals surface area contributed by atoms with Gasteiger partial charge in [-0.05, 0) is 87.5 Å². The molecule has 1 fully saturated rings. The Balaban J connectivity index is 1.33. The summed E-state index contributed by atoms with van der Waals surface area (Å²) < 4.78 is 15.6. The van der Waals surface area contributed by atoms with Gasteiger partial charge in [0.1, 0.15) is 5.82 Å². The van der Waals surface area contributed by atoms with Crippen molar-refractivity contribution in [2.24, 2.45) is 0 Å². The van der Waals surface area contributed by atoms with Gasteiger partial charge in [-0.3, -0.25) is 14.3 Å². The zero-order valence-electron chi connectivity index (χ0n) is 20.1. The van der Waals surface area contributed by atoms with Gasteiger partial charge in [-0.25, -0.2) is 4.39 Å². The SMILES string of the molecule is C[C@H](c1nnc(SCC(=O)N[C@H]2CCCc3ccccc32)n1-c1ccc(F)cc1)N1CCCCC1. The number of hydrogen-bond donors (Lipinski definition) is 1. The van der Waals surface area contributed by atoms with Crippen LogP contribution in [0.5, 0.6) is 0 Å². The van der Waals surface area contributed by atoms with E-state index in [0.29, 0.717) is 5.16 Å². The third kappa shape index (κ3) is 5.43. The zero-order valence-corrected chi connectivity index (χ0v) is 20.9. The molecule has 6 nitrogen and oxygen atoms in total. The highest BCUT2D eigenvalue weighted by molar-refractivity contribution is 7.99. The lowest BCUT2D eigenvalue weighted by Crippen LogP contribution is -2.33. The van der Waals surface area contributed by atoms with Crippen molar-refractivity contribution in [2.75, 3.05) is 18.8 Å². The van der Waals surface area contributed by atoms with Crippen molar-refractivity contribution >= 4 is 17.7 Å². The number of rotatable bonds is 7. The van der Waals surface area contributed by atoms with Gasteiger partial charge in [0.25, 0.3) is 0 Å². The van der Waals surface area contributed by atoms with Crippen LogP contribution in [0.2, 0.25) is 0 Å². The number of nitrogens with zero attached hydrogens (tertiary/aromatic N) is 4. The van der Waals surface area contributed by atoms with Crippen LogP contribution in [-0.4, -0.2) is 44.4 Å². The predicted molar refractivity (Wildman–Crippen MR) is 136 cm³/mol. The average molecular weight is 494 g/mol. The number of carbonyl (C=O) groups excluding carboxylic acids is 1. The summed E-state index contributed by atoms with van der Waals surface area (Å²) >= 11 is 1.37. The maximum atomic E-state index is 13.7. The Morgan fingerprint density at radius 1 is 1.09 bits per heavy atom. The molecular weight excluding hydrogens is 461 g/mol. The van der Waals surface area contributed by atoms with Crippen molar-refractivity contribution in [1.29, 1.82) is 0 Å². The number of halogens is 1. The number of aryl methyl sites for hydroxylation is 1. The fourth-order valence-corrected chi connectivity index (χ4v) is 5.99. The second-order valence-electron chi connectivity index (χ2n) is 9.43. The lowest BCUT2D eigenvalue weighted by atomic mass is 9.88. The Kier molecular flexibility index (Phi) is 7.48. The van der Waals surface area contributed by atoms with E-state index in [4.69, 9.17) is 0 Å². The number of carbonyl (C=O) groups is 1. The minimum absolute atomic E-state index is 0.0176. The van der Waals surface area contributed by atoms with Crippen molar-refractivity contribution in [3.8, 4) is 5.69 Å². The molecule has 0 bridgehead atoms. The minimum atomic E-state index is -0.284. The molecule has 2 aromatic carbocycles. The summed E-state index contributed by atoms with van der Waals surface area (Å²) in [5.74, 6) is 0.767. The first-order chi connectivity index (χ1) is 17.1. The molecule has 5 rings (SSSR count). The maximum Gasteiger partial charge on any atom is 0.230 e. The van der Waals surface area contributed by atoms with E-state index in [1.54, 1.807) is 12.1 Å². The monoisotopic (exact) mass is 493 g/mol. The van der Waals surface area contributed by atoms with Crippen LogP contribution in [0.4, 0.5) is 4.39 Å². The normalized spacial score (nSPS) is 19.2. The molecule has 35 heavy (non-hydrogen) atoms. The summed E-state index contributed by atoms with van der Waals surface area (Å²) in [6, 6.07) is 14.9. The third-order valence-electron chi connectivity index (χ3n) is 7.09. The number of likely N-dealkylation sites (tertiary alicyclic amines) is 1. The van der Waals surface area contributed by atoms with E-state index >= 15 is 0 Å². The van der Waals surface area contributed by atoms with Crippen LogP contribution in [0.3, 0.4) is 0 Å². The number of hydrogen-bond acceptors (Lipinski definition) is 5. The number of piperidine rings is 1. The zero-order chi connectivity index (χ0) is 24.2. The molecule has 1 N–H and O–H groups in total. The number of amides is 1. The van der Waals surface area contributed by atoms with Crippen LogP contribution >= 0.6 is 11.8 Å². The number of nitrogens with one attached hydrogen (secondary N) is 1. The molecule has 1 aromatic heterocycles. The van der Waals surface area contributed by atoms with Crippen molar-refractivity contribution < 1.29 is 9.18 Å². The highest BCUT2D eigenvalue weighted by Gasteiger charge is 2.26. The quantitative estimate of drug-likeness (QED) is 0.456. The van der Waals surface area contributed by atoms with Crippen molar-refractivity contribution in [2.45, 2.75) is 62.7 Å². The summed E-state index contributed by atoms with van der Waals surface area (Å²) in [4.78, 5) is 15.4. The Morgan fingerprint density at radius 2 is 1.86 bits per heavy atom. The van der Waals surface area contributed by atoms with E-state index in [2.05, 4.69) is 45.5 Å². The van der Waals surface area contributed by atoms with Crippen molar-refractivity contribution in [1.82, 2.24) is 25.0 Å². The summed E-state index contributed by atoms with van der Waals surface area (Å²) in [6.45, 7) is 4.22. The molecule has 0 unspecified atom stereocenters. The first-order valence-corrected chi connectivity index (χ1v) is 13.5. The smallest absolute Gasteiger partial charge is 0.230 e. The Hall–Kier alpha value is -2.71. The van der Waals surface area contributed by atoms with Gasteiger partial charge in [0.05, 0.1) is 17.8 Å². The second-order valence-corrected chi connectivity index (χ2v) is 10.4. The summed E-state index contributed by atoms with van der Waals surface area (Å²) in [5, 5.41) is 12.9. The fraction of sp³-hybridized carbons (Fsp3) is 0.444. The summed E-state index contributed by atoms with van der Waals surface area (Å²) in [7, 11) is 0. The van der Waals surface area contributed by atoms with E-state index in [9.17, 15) is 9.18 Å². The van der Waals surface area contributed by atoms with Crippen molar-refractivity contribution in [3.05, 3.63) is 71.3 Å². The summed E-state index contributed by atoms with van der Waals surface area (Å²) in [5.41, 5.74) is 3.35. The number of fused-ring (bicyclic) bond motifs is 1. The summed E-state index contributed by atoms with van der Waals surface area (Å²) in [6.07, 6.45) is 6.72. The predicted octanol–water partition coefficient (Wildman–Crippen LogP) is 5.24. The van der Waals surface area contributed by atoms with Gasteiger partial charge < -0.3 is 5.32 Å². The lowest BCUT2D eigenvalue weighted by Gasteiger charge is -2.31. The minimum Gasteiger partial charge on any atom is -0.349 e. The van der Waals surface area contributed by atoms with Crippen molar-refractivity contribution in [3.63, 3.8) is 0 Å². The largest absolute Gasteiger partial charge is 0.349 e. The number of aromatic nitrogens is 3. The van der Waals surface area contributed by atoms with Gasteiger partial charge in [0.15, 0.2) is 11.0 Å². The Labute approximate surface area is 210 Å². The molecule has 8 heteroatoms. The standard InChI is InChI=1S/C27H32FN5OS/c1-19(32-16-5-2-6-17-32)26-30-31-27(33(26)22-14-12-21(28)13-15-22)35-18-25(34)29-24-11-7-9-20-8-3-4-10-23(20)24/h3-4,8,10,12-15,19,24H,2,5-7,9,11,16-18H2,1H3,(H,29,34)/t19-,24+/m1/s1. The molecule has 0 spiro atoms. The first kappa shape index (κ1) is 24.0. The highest BCUT2D eigenvalue weighted by Crippen LogP contribution is 2.31. The molecule has 1 aliphatic carbocycles. The third-order valence-corrected chi connectivity index (χ3v) is 8.02. The molecule has 0 saturated carbocycles. The maximum absolute atomic E-state index is 13.7. The van der Waals surface area contributed by atoms with Crippen LogP contribution in [0.25, 0.3) is 5.69 Å². The van der Waals surface area contributed by atoms with Crippen LogP contribution in [-0.2, 0) is 11.2 Å². The van der Waals surface area contributed by atoms with E-state index in [0.717, 1.165) is 43.9 Å². The van der Waals surface area contributed by atoms with Crippen LogP contribution in [0.1, 0.15) is 68.1 Å². The Morgan fingerprint density at radius 3 is 2.66 bits per heavy atom. The molecule has 3 aromatic rings. The molecular formula is C27H32FN5OS. The van der Waals surface area contributed by atoms with Gasteiger partial charge in [-0.1, -0.05) is 42.4 Å². The average Bonchev–Trinajstić information content (AvgIpc) is 3.32. The molecule has 2 aliphatic rings. The van der Waals surface area contributed by atoms with Gasteiger partial charge in [-0.15, -0.1) is 10.2 Å². The molecule has 2 heterocycles. The van der Waals surface area contributed by atoms with Gasteiger partial charge in [0, 0.05) is 5.69 Å². The lowest BCUT2D eigenvalue weighted by molar-refractivity contribution is -0.119. The molecule has 1 saturated heterocycles. The van der Waals surface area contributed by atoms with Gasteiger partial charge in [0.2, 0.25) is 5.91 Å². The molecule has 184 valence electrons. The second kappa shape index (κ2) is 10.9. The molecule has 2 atom stereocenters. The topological polar surface area (TPSA) is 63.1 Å².